The molecule has 0 aromatic rings. The third kappa shape index (κ3) is 7.58. The van der Waals surface area contributed by atoms with Crippen LogP contribution in [0.1, 0.15) is 40.5 Å². The van der Waals surface area contributed by atoms with Crippen LogP contribution in [0.15, 0.2) is 0 Å². The van der Waals surface area contributed by atoms with E-state index in [0.717, 1.165) is 12.8 Å². The van der Waals surface area contributed by atoms with Crippen LogP contribution in [-0.2, 0) is 38.1 Å². The van der Waals surface area contributed by atoms with Crippen molar-refractivity contribution in [2.45, 2.75) is 81.8 Å². The quantitative estimate of drug-likeness (QED) is 0.363. The molecule has 0 aromatic carbocycles. The molecule has 2 rings (SSSR count). The molecule has 2 N–H and O–H groups in total. The van der Waals surface area contributed by atoms with Gasteiger partial charge in [0.2, 0.25) is 0 Å². The number of hydrogen-bond donors (Lipinski definition) is 2. The molecule has 8 unspecified atom stereocenters. The van der Waals surface area contributed by atoms with E-state index in [0.29, 0.717) is 0 Å². The summed E-state index contributed by atoms with van der Waals surface area (Å²) in [5.41, 5.74) is -0.549. The molecule has 0 aliphatic carbocycles. The Morgan fingerprint density at radius 2 is 1.56 bits per heavy atom. The van der Waals surface area contributed by atoms with Crippen LogP contribution >= 0.6 is 11.8 Å². The first-order valence-corrected chi connectivity index (χ1v) is 11.8. The van der Waals surface area contributed by atoms with E-state index in [-0.39, 0.29) is 54.2 Å². The van der Waals surface area contributed by atoms with E-state index >= 15 is 0 Å². The van der Waals surface area contributed by atoms with E-state index in [1.54, 1.807) is 7.05 Å². The van der Waals surface area contributed by atoms with Gasteiger partial charge in [0.25, 0.3) is 0 Å². The van der Waals surface area contributed by atoms with Crippen molar-refractivity contribution in [1.82, 2.24) is 10.6 Å². The lowest BCUT2D eigenvalue weighted by Gasteiger charge is -2.46. The fourth-order valence-corrected chi connectivity index (χ4v) is 5.63. The predicted molar refractivity (Wildman–Crippen MR) is 118 cm³/mol. The number of carbonyl (C=O) groups is 3. The first-order valence-electron chi connectivity index (χ1n) is 10.9. The number of likely N-dealkylation sites (N-methyl/N-ethyl adjacent to an activating group) is 2. The smallest absolute Gasteiger partial charge is 0.303 e. The van der Waals surface area contributed by atoms with Crippen molar-refractivity contribution >= 4 is 29.7 Å². The average Bonchev–Trinajstić information content (AvgIpc) is 2.73. The SMILES string of the molecule is CNC1CCC(COC(C)=O)OC1SC1OC(COC(C)=O)C(OC(C)=O)C(NC)C1C. The number of nitrogens with one attached hydrogen (secondary N) is 2. The zero-order valence-corrected chi connectivity index (χ0v) is 20.4. The summed E-state index contributed by atoms with van der Waals surface area (Å²) in [6.07, 6.45) is 0.226. The van der Waals surface area contributed by atoms with Gasteiger partial charge < -0.3 is 34.3 Å². The van der Waals surface area contributed by atoms with Gasteiger partial charge in [0.15, 0.2) is 0 Å². The maximum Gasteiger partial charge on any atom is 0.303 e. The van der Waals surface area contributed by atoms with E-state index in [4.69, 9.17) is 23.7 Å². The van der Waals surface area contributed by atoms with Crippen molar-refractivity contribution in [3.8, 4) is 0 Å². The lowest BCUT2D eigenvalue weighted by atomic mass is 9.91. The highest BCUT2D eigenvalue weighted by Gasteiger charge is 2.47. The topological polar surface area (TPSA) is 121 Å². The Labute approximate surface area is 193 Å². The molecule has 2 fully saturated rings. The molecule has 0 radical (unpaired) electrons. The number of carbonyl (C=O) groups excluding carboxylic acids is 3. The molecule has 2 saturated heterocycles. The number of ether oxygens (including phenoxy) is 5. The van der Waals surface area contributed by atoms with E-state index in [9.17, 15) is 14.4 Å². The summed E-state index contributed by atoms with van der Waals surface area (Å²) < 4.78 is 28.4. The van der Waals surface area contributed by atoms with Gasteiger partial charge in [-0.15, -0.1) is 0 Å². The van der Waals surface area contributed by atoms with Gasteiger partial charge in [0, 0.05) is 32.7 Å². The molecule has 0 amide bonds. The van der Waals surface area contributed by atoms with Crippen LogP contribution < -0.4 is 10.6 Å². The summed E-state index contributed by atoms with van der Waals surface area (Å²) in [4.78, 5) is 34.3. The lowest BCUT2D eigenvalue weighted by molar-refractivity contribution is -0.185. The van der Waals surface area contributed by atoms with E-state index < -0.39 is 24.1 Å². The van der Waals surface area contributed by atoms with Crippen molar-refractivity contribution in [3.05, 3.63) is 0 Å². The van der Waals surface area contributed by atoms with Crippen LogP contribution in [0.4, 0.5) is 0 Å². The highest BCUT2D eigenvalue weighted by Crippen LogP contribution is 2.39. The number of rotatable bonds is 9. The fraction of sp³-hybridized carbons (Fsp3) is 0.857. The first kappa shape index (κ1) is 26.8. The molecule has 0 bridgehead atoms. The van der Waals surface area contributed by atoms with Gasteiger partial charge in [0.05, 0.1) is 12.1 Å². The minimum atomic E-state index is -0.623. The zero-order chi connectivity index (χ0) is 23.8. The number of hydrogen-bond acceptors (Lipinski definition) is 11. The van der Waals surface area contributed by atoms with E-state index in [2.05, 4.69) is 10.6 Å². The maximum atomic E-state index is 11.7. The predicted octanol–water partition coefficient (Wildman–Crippen LogP) is 0.820. The molecule has 0 saturated carbocycles. The summed E-state index contributed by atoms with van der Waals surface area (Å²) in [6.45, 7) is 6.26. The van der Waals surface area contributed by atoms with Crippen LogP contribution in [-0.4, -0.2) is 86.5 Å². The van der Waals surface area contributed by atoms with Crippen molar-refractivity contribution in [3.63, 3.8) is 0 Å². The average molecular weight is 477 g/mol. The molecule has 2 aliphatic rings. The lowest BCUT2D eigenvalue weighted by Crippen LogP contribution is -2.61. The normalized spacial score (nSPS) is 35.1. The second-order valence-electron chi connectivity index (χ2n) is 8.13. The van der Waals surface area contributed by atoms with Crippen LogP contribution in [0.5, 0.6) is 0 Å². The van der Waals surface area contributed by atoms with Gasteiger partial charge in [0.1, 0.15) is 36.3 Å². The Hall–Kier alpha value is -1.40. The monoisotopic (exact) mass is 476 g/mol. The van der Waals surface area contributed by atoms with E-state index in [1.165, 1.54) is 32.5 Å². The summed E-state index contributed by atoms with van der Waals surface area (Å²) in [5.74, 6) is -1.24. The van der Waals surface area contributed by atoms with Gasteiger partial charge in [-0.3, -0.25) is 14.4 Å². The molecule has 8 atom stereocenters. The van der Waals surface area contributed by atoms with Gasteiger partial charge in [-0.25, -0.2) is 0 Å². The molecule has 32 heavy (non-hydrogen) atoms. The van der Waals surface area contributed by atoms with Crippen molar-refractivity contribution in [2.24, 2.45) is 5.92 Å². The molecular weight excluding hydrogens is 440 g/mol. The van der Waals surface area contributed by atoms with Gasteiger partial charge in [-0.1, -0.05) is 18.7 Å². The molecule has 10 nitrogen and oxygen atoms in total. The van der Waals surface area contributed by atoms with Crippen molar-refractivity contribution < 1.29 is 38.1 Å². The van der Waals surface area contributed by atoms with Crippen LogP contribution in [0.3, 0.4) is 0 Å². The molecule has 0 spiro atoms. The standard InChI is InChI=1S/C21H36N2O8S/c1-11-18(23-6)19(29-14(4)26)17(10-28-13(3)25)31-20(11)32-21-16(22-5)8-7-15(30-21)9-27-12(2)24/h11,15-23H,7-10H2,1-6H3. The maximum absolute atomic E-state index is 11.7. The number of thioether (sulfide) groups is 1. The van der Waals surface area contributed by atoms with Gasteiger partial charge >= 0.3 is 17.9 Å². The summed E-state index contributed by atoms with van der Waals surface area (Å²) in [6, 6.07) is -0.116. The Morgan fingerprint density at radius 1 is 0.906 bits per heavy atom. The second kappa shape index (κ2) is 12.7. The largest absolute Gasteiger partial charge is 0.463 e. The molecule has 0 aromatic heterocycles. The highest BCUT2D eigenvalue weighted by molar-refractivity contribution is 8.00. The Kier molecular flexibility index (Phi) is 10.7. The summed E-state index contributed by atoms with van der Waals surface area (Å²) in [5, 5.41) is 6.53. The summed E-state index contributed by atoms with van der Waals surface area (Å²) >= 11 is 1.53. The zero-order valence-electron chi connectivity index (χ0n) is 19.6. The van der Waals surface area contributed by atoms with E-state index in [1.807, 2.05) is 14.0 Å². The Balaban J connectivity index is 2.15. The minimum Gasteiger partial charge on any atom is -0.463 e. The Bertz CT molecular complexity index is 651. The molecule has 11 heteroatoms. The molecule has 184 valence electrons. The fourth-order valence-electron chi connectivity index (χ4n) is 4.06. The highest BCUT2D eigenvalue weighted by atomic mass is 32.2. The molecular formula is C21H36N2O8S. The number of esters is 3. The summed E-state index contributed by atoms with van der Waals surface area (Å²) in [7, 11) is 3.69. The molecule has 2 aliphatic heterocycles. The van der Waals surface area contributed by atoms with Crippen LogP contribution in [0.25, 0.3) is 0 Å². The van der Waals surface area contributed by atoms with Gasteiger partial charge in [-0.2, -0.15) is 0 Å². The van der Waals surface area contributed by atoms with Crippen LogP contribution in [0, 0.1) is 5.92 Å². The van der Waals surface area contributed by atoms with Gasteiger partial charge in [-0.05, 0) is 26.9 Å². The Morgan fingerprint density at radius 3 is 2.12 bits per heavy atom. The third-order valence-electron chi connectivity index (χ3n) is 5.68. The first-order chi connectivity index (χ1) is 15.2. The molecule has 2 heterocycles. The third-order valence-corrected chi connectivity index (χ3v) is 7.19. The minimum absolute atomic E-state index is 0.0225. The van der Waals surface area contributed by atoms with Crippen LogP contribution in [0.2, 0.25) is 0 Å². The second-order valence-corrected chi connectivity index (χ2v) is 9.33. The van der Waals surface area contributed by atoms with Crippen molar-refractivity contribution in [1.29, 1.82) is 0 Å². The van der Waals surface area contributed by atoms with Crippen molar-refractivity contribution in [2.75, 3.05) is 27.3 Å².